The summed E-state index contributed by atoms with van der Waals surface area (Å²) in [6.07, 6.45) is 1.54. The third-order valence-electron chi connectivity index (χ3n) is 4.34. The average molecular weight is 642 g/mol. The van der Waals surface area contributed by atoms with E-state index in [-0.39, 0.29) is 5.57 Å². The van der Waals surface area contributed by atoms with E-state index in [0.717, 1.165) is 14.7 Å². The summed E-state index contributed by atoms with van der Waals surface area (Å²) in [5.41, 5.74) is 3.22. The molecule has 4 nitrogen and oxygen atoms in total. The second-order valence-corrected chi connectivity index (χ2v) is 9.68. The van der Waals surface area contributed by atoms with Gasteiger partial charge in [0, 0.05) is 5.69 Å². The zero-order valence-corrected chi connectivity index (χ0v) is 22.0. The van der Waals surface area contributed by atoms with Crippen molar-refractivity contribution < 1.29 is 9.53 Å². The van der Waals surface area contributed by atoms with Gasteiger partial charge < -0.3 is 10.1 Å². The van der Waals surface area contributed by atoms with Crippen LogP contribution in [-0.2, 0) is 11.4 Å². The number of ether oxygens (including phenoxy) is 1. The standard InChI is InChI=1S/C24H16BrCl2IN2O2/c1-14-3-2-4-18(7-14)30-24(31)17(12-29)8-16-9-19(25)23(22(28)11-16)32-13-15-5-6-20(26)21(27)10-15/h2-11H,13H2,1H3,(H,30,31)/b17-8-. The Morgan fingerprint density at radius 3 is 2.62 bits per heavy atom. The van der Waals surface area contributed by atoms with Crippen molar-refractivity contribution in [2.75, 3.05) is 5.32 Å². The highest BCUT2D eigenvalue weighted by molar-refractivity contribution is 14.1. The van der Waals surface area contributed by atoms with Gasteiger partial charge in [-0.3, -0.25) is 4.79 Å². The van der Waals surface area contributed by atoms with Crippen molar-refractivity contribution in [3.05, 3.63) is 94.9 Å². The van der Waals surface area contributed by atoms with Gasteiger partial charge in [-0.15, -0.1) is 0 Å². The number of hydrogen-bond acceptors (Lipinski definition) is 3. The predicted molar refractivity (Wildman–Crippen MR) is 141 cm³/mol. The smallest absolute Gasteiger partial charge is 0.266 e. The van der Waals surface area contributed by atoms with Crippen molar-refractivity contribution >= 4 is 79.4 Å². The van der Waals surface area contributed by atoms with Gasteiger partial charge in [-0.1, -0.05) is 41.4 Å². The number of aryl methyl sites for hydroxylation is 1. The number of rotatable bonds is 6. The van der Waals surface area contributed by atoms with E-state index in [1.807, 2.05) is 43.3 Å². The molecule has 0 radical (unpaired) electrons. The van der Waals surface area contributed by atoms with Crippen molar-refractivity contribution in [1.82, 2.24) is 0 Å². The van der Waals surface area contributed by atoms with Crippen LogP contribution in [0.1, 0.15) is 16.7 Å². The quantitative estimate of drug-likeness (QED) is 0.170. The Hall–Kier alpha value is -2.05. The minimum absolute atomic E-state index is 0.00122. The number of nitrogens with one attached hydrogen (secondary N) is 1. The molecule has 0 atom stereocenters. The van der Waals surface area contributed by atoms with E-state index >= 15 is 0 Å². The number of anilines is 1. The maximum Gasteiger partial charge on any atom is 0.266 e. The third kappa shape index (κ3) is 6.48. The van der Waals surface area contributed by atoms with Crippen LogP contribution in [0, 0.1) is 21.8 Å². The second-order valence-electron chi connectivity index (χ2n) is 6.84. The van der Waals surface area contributed by atoms with Gasteiger partial charge in [0.1, 0.15) is 24.0 Å². The third-order valence-corrected chi connectivity index (χ3v) is 6.47. The SMILES string of the molecule is Cc1cccc(NC(=O)/C(C#N)=C\c2cc(Br)c(OCc3ccc(Cl)c(Cl)c3)c(I)c2)c1. The Kier molecular flexibility index (Phi) is 8.60. The van der Waals surface area contributed by atoms with Crippen molar-refractivity contribution in [3.8, 4) is 11.8 Å². The number of halogens is 4. The average Bonchev–Trinajstić information content (AvgIpc) is 2.73. The van der Waals surface area contributed by atoms with Crippen LogP contribution in [-0.4, -0.2) is 5.91 Å². The lowest BCUT2D eigenvalue weighted by Crippen LogP contribution is -2.13. The van der Waals surface area contributed by atoms with Crippen LogP contribution < -0.4 is 10.1 Å². The first-order chi connectivity index (χ1) is 15.3. The molecule has 0 aliphatic heterocycles. The molecule has 1 N–H and O–H groups in total. The zero-order valence-electron chi connectivity index (χ0n) is 16.8. The van der Waals surface area contributed by atoms with E-state index in [4.69, 9.17) is 27.9 Å². The van der Waals surface area contributed by atoms with Crippen LogP contribution in [0.5, 0.6) is 5.75 Å². The van der Waals surface area contributed by atoms with Crippen LogP contribution in [0.2, 0.25) is 10.0 Å². The van der Waals surface area contributed by atoms with Crippen LogP contribution in [0.4, 0.5) is 5.69 Å². The van der Waals surface area contributed by atoms with E-state index in [9.17, 15) is 10.1 Å². The van der Waals surface area contributed by atoms with E-state index in [1.54, 1.807) is 30.3 Å². The topological polar surface area (TPSA) is 62.1 Å². The molecule has 0 aromatic heterocycles. The molecule has 0 spiro atoms. The zero-order chi connectivity index (χ0) is 23.3. The number of nitriles is 1. The molecule has 0 saturated carbocycles. The van der Waals surface area contributed by atoms with Gasteiger partial charge in [-0.05, 0) is 105 Å². The molecule has 0 aliphatic carbocycles. The van der Waals surface area contributed by atoms with Gasteiger partial charge in [-0.25, -0.2) is 0 Å². The van der Waals surface area contributed by atoms with Crippen molar-refractivity contribution in [3.63, 3.8) is 0 Å². The van der Waals surface area contributed by atoms with Gasteiger partial charge in [0.2, 0.25) is 0 Å². The first-order valence-corrected chi connectivity index (χ1v) is 11.9. The van der Waals surface area contributed by atoms with Gasteiger partial charge in [-0.2, -0.15) is 5.26 Å². The number of amides is 1. The molecule has 0 unspecified atom stereocenters. The number of nitrogens with zero attached hydrogens (tertiary/aromatic N) is 1. The highest BCUT2D eigenvalue weighted by atomic mass is 127. The molecule has 3 rings (SSSR count). The number of hydrogen-bond donors (Lipinski definition) is 1. The predicted octanol–water partition coefficient (Wildman–Crippen LogP) is 7.79. The molecular formula is C24H16BrCl2IN2O2. The highest BCUT2D eigenvalue weighted by Crippen LogP contribution is 2.34. The van der Waals surface area contributed by atoms with Gasteiger partial charge >= 0.3 is 0 Å². The van der Waals surface area contributed by atoms with Crippen LogP contribution >= 0.6 is 61.7 Å². The Bertz CT molecular complexity index is 1230. The normalized spacial score (nSPS) is 11.1. The molecule has 1 amide bonds. The fraction of sp³-hybridized carbons (Fsp3) is 0.0833. The molecule has 32 heavy (non-hydrogen) atoms. The summed E-state index contributed by atoms with van der Waals surface area (Å²) in [7, 11) is 0. The molecule has 0 aliphatic rings. The molecule has 162 valence electrons. The summed E-state index contributed by atoms with van der Waals surface area (Å²) in [5.74, 6) is 0.181. The Morgan fingerprint density at radius 1 is 1.19 bits per heavy atom. The summed E-state index contributed by atoms with van der Waals surface area (Å²) >= 11 is 17.7. The summed E-state index contributed by atoms with van der Waals surface area (Å²) in [6.45, 7) is 2.24. The molecule has 0 saturated heterocycles. The van der Waals surface area contributed by atoms with E-state index in [1.165, 1.54) is 0 Å². The van der Waals surface area contributed by atoms with Crippen LogP contribution in [0.25, 0.3) is 6.08 Å². The van der Waals surface area contributed by atoms with Crippen LogP contribution in [0.3, 0.4) is 0 Å². The largest absolute Gasteiger partial charge is 0.487 e. The van der Waals surface area contributed by atoms with Crippen molar-refractivity contribution in [1.29, 1.82) is 5.26 Å². The van der Waals surface area contributed by atoms with Crippen LogP contribution in [0.15, 0.2) is 64.6 Å². The molecule has 8 heteroatoms. The summed E-state index contributed by atoms with van der Waals surface area (Å²) < 4.78 is 7.47. The lowest BCUT2D eigenvalue weighted by atomic mass is 10.1. The van der Waals surface area contributed by atoms with Gasteiger partial charge in [0.15, 0.2) is 0 Å². The lowest BCUT2D eigenvalue weighted by molar-refractivity contribution is -0.112. The molecule has 0 fully saturated rings. The lowest BCUT2D eigenvalue weighted by Gasteiger charge is -2.12. The molecule has 3 aromatic carbocycles. The van der Waals surface area contributed by atoms with E-state index < -0.39 is 5.91 Å². The van der Waals surface area contributed by atoms with E-state index in [0.29, 0.717) is 38.1 Å². The summed E-state index contributed by atoms with van der Waals surface area (Å²) in [4.78, 5) is 12.5. The molecule has 0 heterocycles. The molecule has 0 bridgehead atoms. The Labute approximate surface area is 218 Å². The maximum atomic E-state index is 12.5. The van der Waals surface area contributed by atoms with Gasteiger partial charge in [0.05, 0.1) is 18.1 Å². The molecular weight excluding hydrogens is 626 g/mol. The summed E-state index contributed by atoms with van der Waals surface area (Å²) in [5, 5.41) is 13.2. The number of benzene rings is 3. The summed E-state index contributed by atoms with van der Waals surface area (Å²) in [6, 6.07) is 18.3. The maximum absolute atomic E-state index is 12.5. The fourth-order valence-corrected chi connectivity index (χ4v) is 4.91. The highest BCUT2D eigenvalue weighted by Gasteiger charge is 2.13. The Balaban J connectivity index is 1.77. The monoisotopic (exact) mass is 640 g/mol. The van der Waals surface area contributed by atoms with Gasteiger partial charge in [0.25, 0.3) is 5.91 Å². The molecule has 3 aromatic rings. The Morgan fingerprint density at radius 2 is 1.97 bits per heavy atom. The second kappa shape index (κ2) is 11.2. The van der Waals surface area contributed by atoms with E-state index in [2.05, 4.69) is 43.8 Å². The van der Waals surface area contributed by atoms with Crippen molar-refractivity contribution in [2.45, 2.75) is 13.5 Å². The number of carbonyl (C=O) groups is 1. The number of carbonyl (C=O) groups excluding carboxylic acids is 1. The van der Waals surface area contributed by atoms with Crippen molar-refractivity contribution in [2.24, 2.45) is 0 Å². The first-order valence-electron chi connectivity index (χ1n) is 9.32. The fourth-order valence-electron chi connectivity index (χ4n) is 2.82. The first kappa shape index (κ1) is 24.6. The minimum atomic E-state index is -0.468. The minimum Gasteiger partial charge on any atom is -0.487 e.